The fourth-order valence-corrected chi connectivity index (χ4v) is 2.43. The summed E-state index contributed by atoms with van der Waals surface area (Å²) in [6.07, 6.45) is 3.73. The maximum atomic E-state index is 14.0. The Morgan fingerprint density at radius 2 is 2.25 bits per heavy atom. The summed E-state index contributed by atoms with van der Waals surface area (Å²) in [6.45, 7) is 0.979. The Bertz CT molecular complexity index is 584. The molecule has 0 radical (unpaired) electrons. The zero-order valence-electron chi connectivity index (χ0n) is 11.6. The first-order valence-corrected chi connectivity index (χ1v) is 6.72. The summed E-state index contributed by atoms with van der Waals surface area (Å²) in [5.41, 5.74) is 7.43. The molecular weight excluding hydrogens is 279 g/mol. The van der Waals surface area contributed by atoms with Crippen molar-refractivity contribution in [2.75, 3.05) is 13.6 Å². The number of nitrogens with zero attached hydrogens (tertiary/aromatic N) is 3. The van der Waals surface area contributed by atoms with E-state index in [9.17, 15) is 4.39 Å². The van der Waals surface area contributed by atoms with E-state index in [1.807, 2.05) is 25.2 Å². The van der Waals surface area contributed by atoms with Crippen LogP contribution in [0.1, 0.15) is 17.2 Å². The van der Waals surface area contributed by atoms with Crippen molar-refractivity contribution >= 4 is 11.6 Å². The third-order valence-electron chi connectivity index (χ3n) is 3.27. The average Bonchev–Trinajstić information content (AvgIpc) is 2.78. The molecule has 2 N–H and O–H groups in total. The molecule has 0 bridgehead atoms. The lowest BCUT2D eigenvalue weighted by molar-refractivity contribution is 0.236. The Hall–Kier alpha value is -1.43. The first-order valence-electron chi connectivity index (χ1n) is 6.34. The highest BCUT2D eigenvalue weighted by Crippen LogP contribution is 2.25. The molecule has 6 heteroatoms. The molecule has 0 aliphatic rings. The molecule has 2 aromatic rings. The van der Waals surface area contributed by atoms with Crippen LogP contribution in [0.5, 0.6) is 0 Å². The van der Waals surface area contributed by atoms with Gasteiger partial charge < -0.3 is 5.73 Å². The molecule has 0 aliphatic heterocycles. The smallest absolute Gasteiger partial charge is 0.129 e. The van der Waals surface area contributed by atoms with Gasteiger partial charge in [-0.3, -0.25) is 9.58 Å². The molecule has 0 fully saturated rings. The number of aromatic nitrogens is 2. The highest BCUT2D eigenvalue weighted by Gasteiger charge is 2.19. The van der Waals surface area contributed by atoms with E-state index in [0.29, 0.717) is 23.7 Å². The predicted molar refractivity (Wildman–Crippen MR) is 77.9 cm³/mol. The molecule has 0 saturated heterocycles. The summed E-state index contributed by atoms with van der Waals surface area (Å²) in [5.74, 6) is -0.328. The van der Waals surface area contributed by atoms with E-state index in [0.717, 1.165) is 5.56 Å². The highest BCUT2D eigenvalue weighted by molar-refractivity contribution is 6.30. The highest BCUT2D eigenvalue weighted by atomic mass is 35.5. The Labute approximate surface area is 122 Å². The summed E-state index contributed by atoms with van der Waals surface area (Å²) in [7, 11) is 3.78. The first kappa shape index (κ1) is 15.0. The van der Waals surface area contributed by atoms with Crippen LogP contribution < -0.4 is 5.73 Å². The zero-order valence-corrected chi connectivity index (χ0v) is 12.3. The van der Waals surface area contributed by atoms with Crippen molar-refractivity contribution < 1.29 is 4.39 Å². The Balaban J connectivity index is 2.18. The number of nitrogens with two attached hydrogens (primary N) is 1. The van der Waals surface area contributed by atoms with E-state index >= 15 is 0 Å². The van der Waals surface area contributed by atoms with Gasteiger partial charge in [0, 0.05) is 48.5 Å². The van der Waals surface area contributed by atoms with Gasteiger partial charge >= 0.3 is 0 Å². The summed E-state index contributed by atoms with van der Waals surface area (Å²) < 4.78 is 15.7. The molecule has 1 aromatic heterocycles. The third kappa shape index (κ3) is 3.36. The second-order valence-electron chi connectivity index (χ2n) is 4.85. The Kier molecular flexibility index (Phi) is 4.75. The number of halogens is 2. The SMILES string of the molecule is CN(Cc1cnn(C)c1)C(CN)c1ccc(Cl)cc1F. The average molecular weight is 297 g/mol. The van der Waals surface area contributed by atoms with Crippen molar-refractivity contribution in [3.8, 4) is 0 Å². The molecule has 0 saturated carbocycles. The van der Waals surface area contributed by atoms with Gasteiger partial charge in [0.1, 0.15) is 5.82 Å². The normalized spacial score (nSPS) is 12.9. The fourth-order valence-electron chi connectivity index (χ4n) is 2.27. The molecule has 2 rings (SSSR count). The van der Waals surface area contributed by atoms with Gasteiger partial charge in [-0.05, 0) is 19.2 Å². The van der Waals surface area contributed by atoms with Gasteiger partial charge in [-0.1, -0.05) is 17.7 Å². The van der Waals surface area contributed by atoms with Crippen molar-refractivity contribution in [1.29, 1.82) is 0 Å². The lowest BCUT2D eigenvalue weighted by atomic mass is 10.0. The van der Waals surface area contributed by atoms with E-state index in [2.05, 4.69) is 5.10 Å². The Morgan fingerprint density at radius 3 is 2.80 bits per heavy atom. The fraction of sp³-hybridized carbons (Fsp3) is 0.357. The van der Waals surface area contributed by atoms with Gasteiger partial charge in [0.25, 0.3) is 0 Å². The lowest BCUT2D eigenvalue weighted by Crippen LogP contribution is -2.30. The van der Waals surface area contributed by atoms with E-state index in [1.54, 1.807) is 23.0 Å². The molecular formula is C14H18ClFN4. The van der Waals surface area contributed by atoms with Gasteiger partial charge in [0.05, 0.1) is 6.20 Å². The molecule has 1 heterocycles. The largest absolute Gasteiger partial charge is 0.329 e. The summed E-state index contributed by atoms with van der Waals surface area (Å²) in [5, 5.41) is 4.51. The maximum Gasteiger partial charge on any atom is 0.129 e. The van der Waals surface area contributed by atoms with Crippen LogP contribution in [0, 0.1) is 5.82 Å². The summed E-state index contributed by atoms with van der Waals surface area (Å²) in [6, 6.07) is 4.49. The van der Waals surface area contributed by atoms with Gasteiger partial charge in [-0.2, -0.15) is 5.10 Å². The van der Waals surface area contributed by atoms with Crippen molar-refractivity contribution in [2.24, 2.45) is 12.8 Å². The van der Waals surface area contributed by atoms with Crippen LogP contribution in [0.15, 0.2) is 30.6 Å². The quantitative estimate of drug-likeness (QED) is 0.921. The molecule has 1 atom stereocenters. The second-order valence-corrected chi connectivity index (χ2v) is 5.29. The minimum Gasteiger partial charge on any atom is -0.329 e. The lowest BCUT2D eigenvalue weighted by Gasteiger charge is -2.27. The third-order valence-corrected chi connectivity index (χ3v) is 3.50. The van der Waals surface area contributed by atoms with Gasteiger partial charge in [-0.15, -0.1) is 0 Å². The first-order chi connectivity index (χ1) is 9.51. The van der Waals surface area contributed by atoms with Crippen LogP contribution in [0.4, 0.5) is 4.39 Å². The van der Waals surface area contributed by atoms with Crippen LogP contribution in [0.25, 0.3) is 0 Å². The molecule has 0 amide bonds. The summed E-state index contributed by atoms with van der Waals surface area (Å²) in [4.78, 5) is 2.00. The minimum absolute atomic E-state index is 0.201. The van der Waals surface area contributed by atoms with Crippen molar-refractivity contribution in [3.05, 3.63) is 52.6 Å². The monoisotopic (exact) mass is 296 g/mol. The maximum absolute atomic E-state index is 14.0. The molecule has 108 valence electrons. The second kappa shape index (κ2) is 6.35. The standard InChI is InChI=1S/C14H18ClFN4/c1-19(8-10-7-18-20(2)9-10)14(6-17)12-4-3-11(15)5-13(12)16/h3-5,7,9,14H,6,8,17H2,1-2H3. The number of rotatable bonds is 5. The van der Waals surface area contributed by atoms with Crippen molar-refractivity contribution in [1.82, 2.24) is 14.7 Å². The molecule has 1 aromatic carbocycles. The van der Waals surface area contributed by atoms with E-state index in [-0.39, 0.29) is 11.9 Å². The molecule has 4 nitrogen and oxygen atoms in total. The van der Waals surface area contributed by atoms with Gasteiger partial charge in [-0.25, -0.2) is 4.39 Å². The van der Waals surface area contributed by atoms with Crippen LogP contribution in [-0.2, 0) is 13.6 Å². The minimum atomic E-state index is -0.328. The molecule has 0 spiro atoms. The van der Waals surface area contributed by atoms with Gasteiger partial charge in [0.15, 0.2) is 0 Å². The zero-order chi connectivity index (χ0) is 14.7. The Morgan fingerprint density at radius 1 is 1.50 bits per heavy atom. The van der Waals surface area contributed by atoms with Crippen molar-refractivity contribution in [3.63, 3.8) is 0 Å². The number of likely N-dealkylation sites (N-methyl/N-ethyl adjacent to an activating group) is 1. The van der Waals surface area contributed by atoms with E-state index in [4.69, 9.17) is 17.3 Å². The number of hydrogen-bond acceptors (Lipinski definition) is 3. The number of aryl methyl sites for hydroxylation is 1. The molecule has 20 heavy (non-hydrogen) atoms. The number of benzene rings is 1. The topological polar surface area (TPSA) is 47.1 Å². The van der Waals surface area contributed by atoms with E-state index < -0.39 is 0 Å². The van der Waals surface area contributed by atoms with Crippen molar-refractivity contribution in [2.45, 2.75) is 12.6 Å². The van der Waals surface area contributed by atoms with Crippen LogP contribution in [-0.4, -0.2) is 28.3 Å². The number of hydrogen-bond donors (Lipinski definition) is 1. The van der Waals surface area contributed by atoms with Crippen LogP contribution in [0.3, 0.4) is 0 Å². The predicted octanol–water partition coefficient (Wildman–Crippen LogP) is 2.34. The molecule has 0 aliphatic carbocycles. The van der Waals surface area contributed by atoms with Crippen LogP contribution >= 0.6 is 11.6 Å². The van der Waals surface area contributed by atoms with Gasteiger partial charge in [0.2, 0.25) is 0 Å². The van der Waals surface area contributed by atoms with E-state index in [1.165, 1.54) is 6.07 Å². The van der Waals surface area contributed by atoms with Crippen LogP contribution in [0.2, 0.25) is 5.02 Å². The molecule has 1 unspecified atom stereocenters. The summed E-state index contributed by atoms with van der Waals surface area (Å²) >= 11 is 5.78.